The summed E-state index contributed by atoms with van der Waals surface area (Å²) in [5, 5.41) is 1.96. The predicted octanol–water partition coefficient (Wildman–Crippen LogP) is 3.65. The third kappa shape index (κ3) is 3.98. The van der Waals surface area contributed by atoms with Crippen molar-refractivity contribution in [3.8, 4) is 5.75 Å². The largest absolute Gasteiger partial charge is 0.497 e. The molecule has 3 aromatic carbocycles. The quantitative estimate of drug-likeness (QED) is 0.691. The Hall–Kier alpha value is -2.57. The van der Waals surface area contributed by atoms with Gasteiger partial charge in [-0.15, -0.1) is 0 Å². The van der Waals surface area contributed by atoms with E-state index in [1.165, 1.54) is 0 Å². The summed E-state index contributed by atoms with van der Waals surface area (Å²) in [5.41, 5.74) is 1.11. The lowest BCUT2D eigenvalue weighted by molar-refractivity contribution is 0.415. The minimum Gasteiger partial charge on any atom is -0.497 e. The topological polar surface area (TPSA) is 58.6 Å². The van der Waals surface area contributed by atoms with E-state index in [0.717, 1.165) is 41.7 Å². The molecule has 0 spiro atoms. The van der Waals surface area contributed by atoms with E-state index < -0.39 is 10.0 Å². The summed E-state index contributed by atoms with van der Waals surface area (Å²) in [6.07, 6.45) is 0.956. The van der Waals surface area contributed by atoms with Crippen LogP contribution in [0.15, 0.2) is 71.6 Å². The third-order valence-corrected chi connectivity index (χ3v) is 6.72. The van der Waals surface area contributed by atoms with Crippen LogP contribution in [-0.2, 0) is 10.0 Å². The molecule has 5 nitrogen and oxygen atoms in total. The Bertz CT molecular complexity index is 1080. The Morgan fingerprint density at radius 3 is 2.68 bits per heavy atom. The molecule has 6 heteroatoms. The Morgan fingerprint density at radius 2 is 1.86 bits per heavy atom. The molecule has 0 amide bonds. The summed E-state index contributed by atoms with van der Waals surface area (Å²) < 4.78 is 33.5. The van der Waals surface area contributed by atoms with Gasteiger partial charge in [0, 0.05) is 31.4 Å². The number of benzene rings is 3. The minimum absolute atomic E-state index is 0.279. The fourth-order valence-corrected chi connectivity index (χ4v) is 4.84. The van der Waals surface area contributed by atoms with Crippen LogP contribution in [-0.4, -0.2) is 35.2 Å². The maximum atomic E-state index is 12.7. The summed E-state index contributed by atoms with van der Waals surface area (Å²) >= 11 is 0. The molecule has 1 fully saturated rings. The third-order valence-electron chi connectivity index (χ3n) is 5.30. The second kappa shape index (κ2) is 7.81. The summed E-state index contributed by atoms with van der Waals surface area (Å²) in [7, 11) is -1.86. The van der Waals surface area contributed by atoms with Gasteiger partial charge in [-0.2, -0.15) is 0 Å². The zero-order valence-corrected chi connectivity index (χ0v) is 16.7. The number of rotatable bonds is 6. The van der Waals surface area contributed by atoms with E-state index in [0.29, 0.717) is 11.4 Å². The first kappa shape index (κ1) is 18.8. The van der Waals surface area contributed by atoms with E-state index >= 15 is 0 Å². The SMILES string of the molecule is COc1cccc(N2CCC(CNS(=O)(=O)c3ccc4ccccc4c3)C2)c1. The monoisotopic (exact) mass is 396 g/mol. The summed E-state index contributed by atoms with van der Waals surface area (Å²) in [6, 6.07) is 21.0. The van der Waals surface area contributed by atoms with Gasteiger partial charge in [0.25, 0.3) is 0 Å². The summed E-state index contributed by atoms with van der Waals surface area (Å²) in [6.45, 7) is 2.18. The molecule has 1 unspecified atom stereocenters. The molecule has 0 saturated carbocycles. The number of nitrogens with one attached hydrogen (secondary N) is 1. The Kier molecular flexibility index (Phi) is 5.24. The first-order chi connectivity index (χ1) is 13.5. The lowest BCUT2D eigenvalue weighted by atomic mass is 10.1. The van der Waals surface area contributed by atoms with Gasteiger partial charge < -0.3 is 9.64 Å². The van der Waals surface area contributed by atoms with Gasteiger partial charge in [-0.1, -0.05) is 36.4 Å². The summed E-state index contributed by atoms with van der Waals surface area (Å²) in [5.74, 6) is 1.11. The van der Waals surface area contributed by atoms with E-state index in [1.807, 2.05) is 48.5 Å². The molecule has 1 saturated heterocycles. The number of methoxy groups -OCH3 is 1. The molecule has 28 heavy (non-hydrogen) atoms. The number of nitrogens with zero attached hydrogens (tertiary/aromatic N) is 1. The normalized spacial score (nSPS) is 17.2. The fraction of sp³-hybridized carbons (Fsp3) is 0.273. The standard InChI is InChI=1S/C22H24N2O3S/c1-27-21-8-4-7-20(14-21)24-12-11-17(16-24)15-23-28(25,26)22-10-9-18-5-2-3-6-19(18)13-22/h2-10,13-14,17,23H,11-12,15-16H2,1H3. The molecule has 1 aliphatic heterocycles. The van der Waals surface area contributed by atoms with Crippen LogP contribution in [0.1, 0.15) is 6.42 Å². The zero-order chi connectivity index (χ0) is 19.6. The first-order valence-corrected chi connectivity index (χ1v) is 10.9. The predicted molar refractivity (Wildman–Crippen MR) is 112 cm³/mol. The highest BCUT2D eigenvalue weighted by molar-refractivity contribution is 7.89. The molecule has 3 aromatic rings. The van der Waals surface area contributed by atoms with Crippen molar-refractivity contribution >= 4 is 26.5 Å². The van der Waals surface area contributed by atoms with Crippen LogP contribution < -0.4 is 14.4 Å². The molecule has 146 valence electrons. The van der Waals surface area contributed by atoms with E-state index in [2.05, 4.69) is 15.7 Å². The lowest BCUT2D eigenvalue weighted by Crippen LogP contribution is -2.31. The molecular weight excluding hydrogens is 372 g/mol. The van der Waals surface area contributed by atoms with Crippen LogP contribution in [0.2, 0.25) is 0 Å². The van der Waals surface area contributed by atoms with E-state index in [9.17, 15) is 8.42 Å². The minimum atomic E-state index is -3.52. The molecule has 1 atom stereocenters. The number of ether oxygens (including phenoxy) is 1. The molecule has 1 heterocycles. The van der Waals surface area contributed by atoms with Crippen LogP contribution in [0.3, 0.4) is 0 Å². The van der Waals surface area contributed by atoms with Crippen molar-refractivity contribution in [1.29, 1.82) is 0 Å². The molecular formula is C22H24N2O3S. The molecule has 0 bridgehead atoms. The van der Waals surface area contributed by atoms with Crippen LogP contribution in [0.4, 0.5) is 5.69 Å². The number of hydrogen-bond donors (Lipinski definition) is 1. The van der Waals surface area contributed by atoms with Crippen molar-refractivity contribution < 1.29 is 13.2 Å². The fourth-order valence-electron chi connectivity index (χ4n) is 3.69. The second-order valence-electron chi connectivity index (χ2n) is 7.16. The maximum Gasteiger partial charge on any atom is 0.240 e. The van der Waals surface area contributed by atoms with Gasteiger partial charge in [-0.3, -0.25) is 0 Å². The molecule has 0 radical (unpaired) electrons. The maximum absolute atomic E-state index is 12.7. The lowest BCUT2D eigenvalue weighted by Gasteiger charge is -2.19. The molecule has 0 aromatic heterocycles. The van der Waals surface area contributed by atoms with E-state index in [4.69, 9.17) is 4.74 Å². The van der Waals surface area contributed by atoms with Gasteiger partial charge in [0.15, 0.2) is 0 Å². The highest BCUT2D eigenvalue weighted by Gasteiger charge is 2.25. The van der Waals surface area contributed by atoms with Gasteiger partial charge in [0.2, 0.25) is 10.0 Å². The second-order valence-corrected chi connectivity index (χ2v) is 8.93. The zero-order valence-electron chi connectivity index (χ0n) is 15.8. The van der Waals surface area contributed by atoms with Gasteiger partial charge in [0.1, 0.15) is 5.75 Å². The van der Waals surface area contributed by atoms with Crippen LogP contribution in [0.25, 0.3) is 10.8 Å². The van der Waals surface area contributed by atoms with Crippen molar-refractivity contribution in [2.45, 2.75) is 11.3 Å². The van der Waals surface area contributed by atoms with Crippen molar-refractivity contribution in [3.63, 3.8) is 0 Å². The summed E-state index contributed by atoms with van der Waals surface area (Å²) in [4.78, 5) is 2.59. The van der Waals surface area contributed by atoms with Crippen LogP contribution >= 0.6 is 0 Å². The van der Waals surface area contributed by atoms with E-state index in [-0.39, 0.29) is 5.92 Å². The number of fused-ring (bicyclic) bond motifs is 1. The molecule has 0 aliphatic carbocycles. The van der Waals surface area contributed by atoms with Crippen molar-refractivity contribution in [1.82, 2.24) is 4.72 Å². The van der Waals surface area contributed by atoms with Crippen molar-refractivity contribution in [2.24, 2.45) is 5.92 Å². The van der Waals surface area contributed by atoms with Crippen LogP contribution in [0.5, 0.6) is 5.75 Å². The van der Waals surface area contributed by atoms with Gasteiger partial charge in [-0.25, -0.2) is 13.1 Å². The Labute approximate surface area is 166 Å². The van der Waals surface area contributed by atoms with Crippen LogP contribution in [0, 0.1) is 5.92 Å². The average Bonchev–Trinajstić information content (AvgIpc) is 3.21. The molecule has 1 aliphatic rings. The first-order valence-electron chi connectivity index (χ1n) is 9.43. The highest BCUT2D eigenvalue weighted by Crippen LogP contribution is 2.27. The van der Waals surface area contributed by atoms with Crippen molar-refractivity contribution in [2.75, 3.05) is 31.6 Å². The number of sulfonamides is 1. The Morgan fingerprint density at radius 1 is 1.04 bits per heavy atom. The van der Waals surface area contributed by atoms with Gasteiger partial charge in [-0.05, 0) is 47.4 Å². The van der Waals surface area contributed by atoms with Gasteiger partial charge in [0.05, 0.1) is 12.0 Å². The average molecular weight is 397 g/mol. The Balaban J connectivity index is 1.40. The number of hydrogen-bond acceptors (Lipinski definition) is 4. The number of anilines is 1. The van der Waals surface area contributed by atoms with Crippen molar-refractivity contribution in [3.05, 3.63) is 66.7 Å². The molecule has 4 rings (SSSR count). The van der Waals surface area contributed by atoms with Gasteiger partial charge >= 0.3 is 0 Å². The highest BCUT2D eigenvalue weighted by atomic mass is 32.2. The molecule has 1 N–H and O–H groups in total. The van der Waals surface area contributed by atoms with E-state index in [1.54, 1.807) is 19.2 Å². The smallest absolute Gasteiger partial charge is 0.240 e.